The number of methoxy groups -OCH3 is 1. The number of ether oxygens (including phenoxy) is 1. The molecule has 0 saturated heterocycles. The Morgan fingerprint density at radius 2 is 1.71 bits per heavy atom. The molecule has 2 heterocycles. The molecule has 0 amide bonds. The molecule has 0 atom stereocenters. The van der Waals surface area contributed by atoms with Crippen LogP contribution < -0.4 is 14.2 Å². The number of benzene rings is 3. The second-order valence-electron chi connectivity index (χ2n) is 12.2. The fraction of sp³-hybridized carbons (Fsp3) is 0.432. The highest BCUT2D eigenvalue weighted by Crippen LogP contribution is 2.49. The van der Waals surface area contributed by atoms with E-state index in [0.717, 1.165) is 58.5 Å². The largest absolute Gasteiger partial charge is 0.748 e. The minimum Gasteiger partial charge on any atom is -0.748 e. The van der Waals surface area contributed by atoms with Crippen LogP contribution in [0.25, 0.3) is 27.1 Å². The van der Waals surface area contributed by atoms with Crippen molar-refractivity contribution in [1.29, 1.82) is 0 Å². The van der Waals surface area contributed by atoms with E-state index in [1.807, 2.05) is 37.3 Å². The maximum absolute atomic E-state index is 11.5. The normalized spacial score (nSPS) is 14.4. The van der Waals surface area contributed by atoms with Gasteiger partial charge in [0.1, 0.15) is 10.4 Å². The summed E-state index contributed by atoms with van der Waals surface area (Å²) < 4.78 is 75.2. The van der Waals surface area contributed by atoms with Gasteiger partial charge in [0.2, 0.25) is 5.52 Å². The summed E-state index contributed by atoms with van der Waals surface area (Å²) in [5.41, 5.74) is 3.92. The number of aromatic nitrogens is 1. The predicted molar refractivity (Wildman–Crippen MR) is 210 cm³/mol. The molecule has 1 aliphatic heterocycles. The van der Waals surface area contributed by atoms with Crippen molar-refractivity contribution in [2.45, 2.75) is 65.3 Å². The summed E-state index contributed by atoms with van der Waals surface area (Å²) in [5.74, 6) is -0.0158. The molecule has 1 aromatic heterocycles. The van der Waals surface area contributed by atoms with Gasteiger partial charge in [-0.15, -0.1) is 0 Å². The first-order valence-corrected chi connectivity index (χ1v) is 22.0. The van der Waals surface area contributed by atoms with E-state index in [1.54, 1.807) is 30.2 Å². The summed E-state index contributed by atoms with van der Waals surface area (Å²) in [7, 11) is -6.81. The second-order valence-corrected chi connectivity index (χ2v) is 17.4. The van der Waals surface area contributed by atoms with Crippen LogP contribution in [0.3, 0.4) is 0 Å². The highest BCUT2D eigenvalue weighted by atomic mass is 32.2. The lowest BCUT2D eigenvalue weighted by Gasteiger charge is -2.22. The Kier molecular flexibility index (Phi) is 14.5. The molecule has 0 bridgehead atoms. The van der Waals surface area contributed by atoms with E-state index in [4.69, 9.17) is 4.74 Å². The molecule has 0 unspecified atom stereocenters. The Morgan fingerprint density at radius 1 is 1.00 bits per heavy atom. The van der Waals surface area contributed by atoms with Gasteiger partial charge in [0, 0.05) is 29.7 Å². The number of fused-ring (bicyclic) bond motifs is 4. The molecule has 5 rings (SSSR count). The van der Waals surface area contributed by atoms with Gasteiger partial charge in [0.25, 0.3) is 15.1 Å². The number of hydrogen-bond donors (Lipinski definition) is 1. The Morgan fingerprint density at radius 3 is 2.31 bits per heavy atom. The van der Waals surface area contributed by atoms with Gasteiger partial charge in [0.05, 0.1) is 39.1 Å². The fourth-order valence-electron chi connectivity index (χ4n) is 6.03. The minimum absolute atomic E-state index is 0.191. The Bertz CT molecular complexity index is 2100. The zero-order chi connectivity index (χ0) is 37.3. The molecular weight excluding hydrogens is 727 g/mol. The highest BCUT2D eigenvalue weighted by Gasteiger charge is 2.28. The molecule has 278 valence electrons. The van der Waals surface area contributed by atoms with Crippen molar-refractivity contribution in [1.82, 2.24) is 4.90 Å². The highest BCUT2D eigenvalue weighted by molar-refractivity contribution is 8.03. The molecule has 1 aliphatic rings. The summed E-state index contributed by atoms with van der Waals surface area (Å²) in [5, 5.41) is 4.00. The third kappa shape index (κ3) is 11.0. The van der Waals surface area contributed by atoms with Gasteiger partial charge >= 0.3 is 0 Å². The smallest absolute Gasteiger partial charge is 0.265 e. The standard InChI is InChI=1S/C31H34N2O7S4.C6H15N/c1-4-22(18-29-32(13-7-15-43(34,35)36)25-17-21(2)26(40-3)20-28(25)42-29)19-30-33(14-8-16-44(37,38)39)31-24-10-6-5-9-23(24)11-12-27(31)41-30;1-4-7(5-2)6-3/h5-6,9-12,17-20H,4,7-8,13-16H2,1-3H3,(H-,34,35,36,37,38,39);4-6H2,1-3H3. The summed E-state index contributed by atoms with van der Waals surface area (Å²) in [6.07, 6.45) is 5.34. The number of rotatable bonds is 15. The molecule has 4 aromatic rings. The van der Waals surface area contributed by atoms with Crippen molar-refractivity contribution in [3.05, 3.63) is 75.8 Å². The summed E-state index contributed by atoms with van der Waals surface area (Å²) in [6, 6.07) is 16.2. The van der Waals surface area contributed by atoms with Gasteiger partial charge in [0.15, 0.2) is 6.54 Å². The number of thioether (sulfide) groups is 1. The lowest BCUT2D eigenvalue weighted by atomic mass is 10.1. The van der Waals surface area contributed by atoms with Crippen LogP contribution in [0, 0.1) is 6.92 Å². The van der Waals surface area contributed by atoms with Gasteiger partial charge < -0.3 is 19.1 Å². The van der Waals surface area contributed by atoms with Crippen LogP contribution in [0.2, 0.25) is 0 Å². The van der Waals surface area contributed by atoms with Crippen molar-refractivity contribution in [2.24, 2.45) is 0 Å². The zero-order valence-electron chi connectivity index (χ0n) is 30.2. The topological polar surface area (TPSA) is 131 Å². The lowest BCUT2D eigenvalue weighted by Crippen LogP contribution is -2.36. The van der Waals surface area contributed by atoms with Crippen molar-refractivity contribution in [3.8, 4) is 5.75 Å². The Labute approximate surface area is 311 Å². The third-order valence-electron chi connectivity index (χ3n) is 8.79. The van der Waals surface area contributed by atoms with E-state index >= 15 is 0 Å². The first-order valence-electron chi connectivity index (χ1n) is 17.2. The van der Waals surface area contributed by atoms with E-state index in [0.29, 0.717) is 19.5 Å². The van der Waals surface area contributed by atoms with Crippen molar-refractivity contribution < 1.29 is 35.2 Å². The first kappa shape index (κ1) is 40.8. The second kappa shape index (κ2) is 18.2. The molecule has 1 N–H and O–H groups in total. The van der Waals surface area contributed by atoms with Crippen LogP contribution >= 0.6 is 23.1 Å². The lowest BCUT2D eigenvalue weighted by molar-refractivity contribution is -0.667. The van der Waals surface area contributed by atoms with Crippen LogP contribution in [0.4, 0.5) is 5.69 Å². The number of aryl methyl sites for hydroxylation is 2. The van der Waals surface area contributed by atoms with E-state index in [9.17, 15) is 25.9 Å². The fourth-order valence-corrected chi connectivity index (χ4v) is 9.37. The molecule has 0 spiro atoms. The van der Waals surface area contributed by atoms with Crippen LogP contribution in [0.5, 0.6) is 5.75 Å². The number of anilines is 1. The Balaban J connectivity index is 0.000000755. The molecular formula is C37H49N3O7S4. The maximum Gasteiger partial charge on any atom is 0.265 e. The first-order chi connectivity index (χ1) is 24.2. The molecule has 14 heteroatoms. The molecule has 0 fully saturated rings. The number of nitrogens with zero attached hydrogens (tertiary/aromatic N) is 3. The quantitative estimate of drug-likeness (QED) is 0.0959. The average Bonchev–Trinajstić information content (AvgIpc) is 3.60. The maximum atomic E-state index is 11.5. The summed E-state index contributed by atoms with van der Waals surface area (Å²) in [6.45, 7) is 14.9. The van der Waals surface area contributed by atoms with Crippen LogP contribution in [0.15, 0.2) is 70.1 Å². The van der Waals surface area contributed by atoms with Crippen molar-refractivity contribution >= 4 is 76.1 Å². The zero-order valence-corrected chi connectivity index (χ0v) is 33.5. The van der Waals surface area contributed by atoms with Gasteiger partial charge in [-0.05, 0) is 86.3 Å². The third-order valence-corrected chi connectivity index (χ3v) is 12.6. The SMILES string of the molecule is CCC(=C\c1sc2ccc3ccccc3c2[n+]1CCCS(=O)(=O)O)/C=C1/Sc2cc(OC)c(C)cc2N1CCCS(=O)(=O)[O-].CCN(CC)CC. The number of hydrogen-bond acceptors (Lipinski definition) is 10. The van der Waals surface area contributed by atoms with E-state index in [1.165, 1.54) is 19.6 Å². The monoisotopic (exact) mass is 775 g/mol. The van der Waals surface area contributed by atoms with E-state index < -0.39 is 26.0 Å². The Hall–Kier alpha value is -2.98. The van der Waals surface area contributed by atoms with Gasteiger partial charge in [-0.25, -0.2) is 8.42 Å². The molecule has 51 heavy (non-hydrogen) atoms. The minimum atomic E-state index is -4.34. The average molecular weight is 776 g/mol. The van der Waals surface area contributed by atoms with Crippen molar-refractivity contribution in [3.63, 3.8) is 0 Å². The predicted octanol–water partition coefficient (Wildman–Crippen LogP) is 7.47. The van der Waals surface area contributed by atoms with Crippen LogP contribution in [-0.4, -0.2) is 75.6 Å². The summed E-state index contributed by atoms with van der Waals surface area (Å²) >= 11 is 3.18. The van der Waals surface area contributed by atoms with Gasteiger partial charge in [-0.2, -0.15) is 13.0 Å². The number of thiazole rings is 1. The van der Waals surface area contributed by atoms with E-state index in [-0.39, 0.29) is 18.6 Å². The van der Waals surface area contributed by atoms with E-state index in [2.05, 4.69) is 72.4 Å². The molecule has 3 aromatic carbocycles. The molecule has 0 saturated carbocycles. The van der Waals surface area contributed by atoms with Crippen LogP contribution in [0.1, 0.15) is 57.5 Å². The summed E-state index contributed by atoms with van der Waals surface area (Å²) in [4.78, 5) is 5.41. The van der Waals surface area contributed by atoms with Crippen LogP contribution in [-0.2, 0) is 26.8 Å². The molecule has 0 radical (unpaired) electrons. The number of allylic oxidation sites excluding steroid dienone is 2. The van der Waals surface area contributed by atoms with Gasteiger partial charge in [-0.1, -0.05) is 75.1 Å². The van der Waals surface area contributed by atoms with Crippen molar-refractivity contribution in [2.75, 3.05) is 49.7 Å². The van der Waals surface area contributed by atoms with Gasteiger partial charge in [-0.3, -0.25) is 4.55 Å². The molecule has 0 aliphatic carbocycles. The molecule has 10 nitrogen and oxygen atoms in total.